The Morgan fingerprint density at radius 2 is 0.847 bits per heavy atom. The fourth-order valence-corrected chi connectivity index (χ4v) is 9.01. The Labute approximate surface area is 359 Å². The second-order valence-electron chi connectivity index (χ2n) is 20.7. The van der Waals surface area contributed by atoms with Gasteiger partial charge in [-0.1, -0.05) is 116 Å². The summed E-state index contributed by atoms with van der Waals surface area (Å²) in [5.41, 5.74) is -1.45. The third kappa shape index (κ3) is 13.2. The van der Waals surface area contributed by atoms with E-state index in [2.05, 4.69) is 69.2 Å². The number of aliphatic hydroxyl groups is 6. The van der Waals surface area contributed by atoms with Gasteiger partial charge in [0.1, 0.15) is 23.0 Å². The Kier molecular flexibility index (Phi) is 21.0. The molecule has 0 amide bonds. The molecule has 0 saturated heterocycles. The minimum atomic E-state index is -1.20. The van der Waals surface area contributed by atoms with Gasteiger partial charge in [0.05, 0.1) is 34.2 Å². The van der Waals surface area contributed by atoms with E-state index < -0.39 is 23.0 Å². The first-order valence-corrected chi connectivity index (χ1v) is 23.7. The molecule has 340 valence electrons. The van der Waals surface area contributed by atoms with E-state index in [4.69, 9.17) is 0 Å². The van der Waals surface area contributed by atoms with Crippen molar-refractivity contribution in [1.29, 1.82) is 0 Å². The van der Waals surface area contributed by atoms with Crippen LogP contribution in [0.5, 0.6) is 0 Å². The molecule has 0 aromatic carbocycles. The molecule has 2 aliphatic carbocycles. The third-order valence-corrected chi connectivity index (χ3v) is 13.8. The maximum absolute atomic E-state index is 14.5. The number of hydrogen-bond donors (Lipinski definition) is 6. The molecule has 59 heavy (non-hydrogen) atoms. The molecule has 6 unspecified atom stereocenters. The highest BCUT2D eigenvalue weighted by Gasteiger charge is 2.52. The fourth-order valence-electron chi connectivity index (χ4n) is 9.01. The lowest BCUT2D eigenvalue weighted by atomic mass is 9.64. The Balaban J connectivity index is 2.40. The molecule has 0 heterocycles. The van der Waals surface area contributed by atoms with Gasteiger partial charge < -0.3 is 30.6 Å². The number of ketones is 2. The summed E-state index contributed by atoms with van der Waals surface area (Å²) in [6, 6.07) is 0. The summed E-state index contributed by atoms with van der Waals surface area (Å²) in [4.78, 5) is 29.0. The van der Waals surface area contributed by atoms with Crippen LogP contribution in [-0.2, 0) is 9.59 Å². The van der Waals surface area contributed by atoms with Gasteiger partial charge in [0.15, 0.2) is 11.6 Å². The maximum Gasteiger partial charge on any atom is 0.178 e. The highest BCUT2D eigenvalue weighted by Crippen LogP contribution is 2.51. The summed E-state index contributed by atoms with van der Waals surface area (Å²) < 4.78 is 0. The van der Waals surface area contributed by atoms with Crippen molar-refractivity contribution in [2.75, 3.05) is 0 Å². The number of carbonyl (C=O) groups excluding carboxylic acids is 2. The number of carbonyl (C=O) groups is 2. The van der Waals surface area contributed by atoms with Crippen LogP contribution in [0, 0.1) is 52.3 Å². The van der Waals surface area contributed by atoms with Gasteiger partial charge in [0, 0.05) is 11.1 Å². The minimum absolute atomic E-state index is 0.0168. The monoisotopic (exact) mass is 829 g/mol. The van der Waals surface area contributed by atoms with E-state index >= 15 is 0 Å². The zero-order chi connectivity index (χ0) is 45.0. The van der Waals surface area contributed by atoms with Gasteiger partial charge in [-0.2, -0.15) is 0 Å². The van der Waals surface area contributed by atoms with E-state index in [0.717, 1.165) is 38.5 Å². The molecule has 0 bridgehead atoms. The van der Waals surface area contributed by atoms with Crippen LogP contribution in [0.25, 0.3) is 0 Å². The topological polar surface area (TPSA) is 156 Å². The number of aliphatic hydroxyl groups excluding tert-OH is 6. The van der Waals surface area contributed by atoms with Crippen LogP contribution in [0.4, 0.5) is 0 Å². The van der Waals surface area contributed by atoms with Crippen LogP contribution in [0.1, 0.15) is 199 Å². The van der Waals surface area contributed by atoms with Crippen molar-refractivity contribution in [1.82, 2.24) is 0 Å². The quantitative estimate of drug-likeness (QED) is 0.0478. The zero-order valence-electron chi connectivity index (χ0n) is 39.7. The summed E-state index contributed by atoms with van der Waals surface area (Å²) >= 11 is 0. The summed E-state index contributed by atoms with van der Waals surface area (Å²) in [6.45, 7) is 26.9. The molecule has 0 fully saturated rings. The smallest absolute Gasteiger partial charge is 0.178 e. The van der Waals surface area contributed by atoms with Gasteiger partial charge in [-0.3, -0.25) is 9.59 Å². The molecule has 0 radical (unpaired) electrons. The normalized spacial score (nSPS) is 21.8. The standard InChI is InChI=1S/C51H88O8/c1-14-16-40(52)41-44(54)38(21-17-31(3)4)46(56)51(48(41)58,29-25-34(9)10)30-26-36(12)19-18-35(11)20-22-39-45(55)42(43(53)37(13)15-2)49(59)50(47(39)57,27-23-32(5)6)28-24-33(7)8/h31-37,40,43,52-57H,14-30H2,1-13H3. The number of rotatable bonds is 27. The molecule has 6 atom stereocenters. The summed E-state index contributed by atoms with van der Waals surface area (Å²) in [5, 5.41) is 69.9. The van der Waals surface area contributed by atoms with Crippen LogP contribution in [0.3, 0.4) is 0 Å². The van der Waals surface area contributed by atoms with Crippen LogP contribution in [0.15, 0.2) is 45.3 Å². The first-order valence-electron chi connectivity index (χ1n) is 23.7. The zero-order valence-corrected chi connectivity index (χ0v) is 39.7. The highest BCUT2D eigenvalue weighted by molar-refractivity contribution is 6.05. The fraction of sp³-hybridized carbons (Fsp3) is 0.804. The van der Waals surface area contributed by atoms with E-state index in [-0.39, 0.29) is 63.5 Å². The molecule has 0 aromatic rings. The number of Topliss-reactive ketones (excluding diaryl/α,β-unsaturated/α-hetero) is 2. The first kappa shape index (κ1) is 52.6. The SMILES string of the molecule is CCCC(O)C1=C(O)C(CCC(C)C)=C(O)C(CCC(C)C)(CCC(C)CCC(C)CCC2=C(O)C(CCC(C)C)(CCC(C)C)C(=O)C(C(O)C(C)CC)=C2O)C1=O. The molecule has 8 heteroatoms. The van der Waals surface area contributed by atoms with E-state index in [1.54, 1.807) is 0 Å². The molecule has 2 aliphatic rings. The molecule has 0 aromatic heterocycles. The minimum Gasteiger partial charge on any atom is -0.511 e. The molecular weight excluding hydrogens is 741 g/mol. The Morgan fingerprint density at radius 3 is 1.25 bits per heavy atom. The lowest BCUT2D eigenvalue weighted by molar-refractivity contribution is -0.128. The van der Waals surface area contributed by atoms with Crippen molar-refractivity contribution in [2.45, 2.75) is 211 Å². The van der Waals surface area contributed by atoms with Crippen LogP contribution in [0.2, 0.25) is 0 Å². The van der Waals surface area contributed by atoms with Crippen molar-refractivity contribution in [3.63, 3.8) is 0 Å². The largest absolute Gasteiger partial charge is 0.511 e. The van der Waals surface area contributed by atoms with Gasteiger partial charge in [-0.15, -0.1) is 0 Å². The average Bonchev–Trinajstić information content (AvgIpc) is 3.16. The first-order chi connectivity index (χ1) is 27.5. The van der Waals surface area contributed by atoms with E-state index in [1.807, 2.05) is 20.8 Å². The lowest BCUT2D eigenvalue weighted by Crippen LogP contribution is -2.43. The second-order valence-corrected chi connectivity index (χ2v) is 20.7. The van der Waals surface area contributed by atoms with Crippen LogP contribution >= 0.6 is 0 Å². The Hall–Kier alpha value is -2.58. The van der Waals surface area contributed by atoms with Crippen molar-refractivity contribution >= 4 is 11.6 Å². The molecule has 2 rings (SSSR count). The predicted molar refractivity (Wildman–Crippen MR) is 242 cm³/mol. The predicted octanol–water partition coefficient (Wildman–Crippen LogP) is 13.3. The van der Waals surface area contributed by atoms with Crippen molar-refractivity contribution < 1.29 is 40.2 Å². The molecule has 8 nitrogen and oxygen atoms in total. The molecule has 0 spiro atoms. The molecular formula is C51H88O8. The summed E-state index contributed by atoms with van der Waals surface area (Å²) in [5.74, 6) is 0.231. The van der Waals surface area contributed by atoms with Gasteiger partial charge in [0.25, 0.3) is 0 Å². The number of hydrogen-bond acceptors (Lipinski definition) is 8. The molecule has 0 saturated carbocycles. The molecule has 6 N–H and O–H groups in total. The maximum atomic E-state index is 14.5. The van der Waals surface area contributed by atoms with Crippen LogP contribution in [-0.4, -0.2) is 54.4 Å². The van der Waals surface area contributed by atoms with Gasteiger partial charge >= 0.3 is 0 Å². The van der Waals surface area contributed by atoms with Crippen molar-refractivity contribution in [3.8, 4) is 0 Å². The van der Waals surface area contributed by atoms with Crippen molar-refractivity contribution in [2.24, 2.45) is 52.3 Å². The summed E-state index contributed by atoms with van der Waals surface area (Å²) in [7, 11) is 0. The van der Waals surface area contributed by atoms with E-state index in [9.17, 15) is 40.2 Å². The highest BCUT2D eigenvalue weighted by atomic mass is 16.3. The lowest BCUT2D eigenvalue weighted by Gasteiger charge is -2.40. The molecule has 0 aliphatic heterocycles. The average molecular weight is 829 g/mol. The van der Waals surface area contributed by atoms with Gasteiger partial charge in [-0.25, -0.2) is 0 Å². The van der Waals surface area contributed by atoms with Crippen molar-refractivity contribution in [3.05, 3.63) is 45.3 Å². The second kappa shape index (κ2) is 23.6. The third-order valence-electron chi connectivity index (χ3n) is 13.8. The summed E-state index contributed by atoms with van der Waals surface area (Å²) in [6.07, 6.45) is 8.02. The van der Waals surface area contributed by atoms with E-state index in [1.165, 1.54) is 0 Å². The van der Waals surface area contributed by atoms with Crippen LogP contribution < -0.4 is 0 Å². The Bertz CT molecular complexity index is 1500. The number of allylic oxidation sites excluding steroid dienone is 4. The van der Waals surface area contributed by atoms with Gasteiger partial charge in [-0.05, 0) is 125 Å². The van der Waals surface area contributed by atoms with Gasteiger partial charge in [0.2, 0.25) is 0 Å². The van der Waals surface area contributed by atoms with E-state index in [0.29, 0.717) is 105 Å². The Morgan fingerprint density at radius 1 is 0.475 bits per heavy atom.